The molecule has 1 unspecified atom stereocenters. The van der Waals surface area contributed by atoms with Gasteiger partial charge in [-0.2, -0.15) is 0 Å². The van der Waals surface area contributed by atoms with Crippen LogP contribution < -0.4 is 5.32 Å². The van der Waals surface area contributed by atoms with E-state index < -0.39 is 46.5 Å². The van der Waals surface area contributed by atoms with Gasteiger partial charge in [0.15, 0.2) is 5.78 Å². The van der Waals surface area contributed by atoms with Crippen molar-refractivity contribution < 1.29 is 38.1 Å². The quantitative estimate of drug-likeness (QED) is 0.451. The van der Waals surface area contributed by atoms with E-state index in [9.17, 15) is 24.3 Å². The zero-order chi connectivity index (χ0) is 22.3. The number of allylic oxidation sites excluding steroid dienone is 1. The monoisotopic (exact) mass is 427 g/mol. The third kappa shape index (κ3) is 4.99. The molecule has 0 bridgehead atoms. The second-order valence-corrected chi connectivity index (χ2v) is 7.56. The van der Waals surface area contributed by atoms with E-state index in [1.165, 1.54) is 13.8 Å². The summed E-state index contributed by atoms with van der Waals surface area (Å²) in [6.45, 7) is 2.49. The number of halogens is 1. The van der Waals surface area contributed by atoms with Gasteiger partial charge in [-0.25, -0.2) is 9.18 Å². The highest BCUT2D eigenvalue weighted by molar-refractivity contribution is 6.14. The van der Waals surface area contributed by atoms with Crippen molar-refractivity contribution in [1.29, 1.82) is 0 Å². The van der Waals surface area contributed by atoms with Gasteiger partial charge in [0.1, 0.15) is 11.7 Å². The molecule has 0 aliphatic heterocycles. The standard InChI is InChI=1S/C21H30FNO7/c1-3-29-18(26)17(16-14(24)11-8-12-15(16)25)21(22,20(28)30-4-2)19(27)23-13-9-6-5-7-10-13/h13,17,24H,3-12H2,1-2H3,(H,23,27)/t17-,21?/m1/s1. The molecule has 8 nitrogen and oxygen atoms in total. The van der Waals surface area contributed by atoms with E-state index in [4.69, 9.17) is 9.47 Å². The largest absolute Gasteiger partial charge is 0.512 e. The molecule has 0 aromatic rings. The van der Waals surface area contributed by atoms with Crippen molar-refractivity contribution >= 4 is 23.6 Å². The topological polar surface area (TPSA) is 119 Å². The predicted octanol–water partition coefficient (Wildman–Crippen LogP) is 2.45. The van der Waals surface area contributed by atoms with Gasteiger partial charge in [0, 0.05) is 18.9 Å². The Morgan fingerprint density at radius 2 is 1.73 bits per heavy atom. The van der Waals surface area contributed by atoms with Gasteiger partial charge in [-0.05, 0) is 33.1 Å². The second kappa shape index (κ2) is 10.5. The number of alkyl halides is 1. The number of esters is 2. The SMILES string of the molecule is CCOC(=O)[C@@H](C1=C(O)CCCC1=O)C(F)(C(=O)NC1CCCCC1)C(=O)OCC. The van der Waals surface area contributed by atoms with E-state index in [1.54, 1.807) is 0 Å². The van der Waals surface area contributed by atoms with E-state index in [0.717, 1.165) is 19.3 Å². The summed E-state index contributed by atoms with van der Waals surface area (Å²) in [6.07, 6.45) is 4.20. The van der Waals surface area contributed by atoms with Gasteiger partial charge in [-0.15, -0.1) is 0 Å². The molecule has 2 aliphatic carbocycles. The molecule has 0 aromatic carbocycles. The van der Waals surface area contributed by atoms with Gasteiger partial charge < -0.3 is 19.9 Å². The summed E-state index contributed by atoms with van der Waals surface area (Å²) in [4.78, 5) is 51.0. The average Bonchev–Trinajstić information content (AvgIpc) is 2.71. The minimum Gasteiger partial charge on any atom is -0.512 e. The van der Waals surface area contributed by atoms with Crippen molar-refractivity contribution in [2.75, 3.05) is 13.2 Å². The lowest BCUT2D eigenvalue weighted by molar-refractivity contribution is -0.175. The number of ether oxygens (including phenoxy) is 2. The number of nitrogens with one attached hydrogen (secondary N) is 1. The highest BCUT2D eigenvalue weighted by Gasteiger charge is 2.62. The molecule has 1 saturated carbocycles. The molecule has 0 aromatic heterocycles. The summed E-state index contributed by atoms with van der Waals surface area (Å²) in [5, 5.41) is 12.8. The van der Waals surface area contributed by atoms with Crippen molar-refractivity contribution in [3.8, 4) is 0 Å². The molecule has 2 aliphatic rings. The first-order valence-corrected chi connectivity index (χ1v) is 10.6. The summed E-state index contributed by atoms with van der Waals surface area (Å²) in [5.41, 5.74) is -4.13. The van der Waals surface area contributed by atoms with Crippen molar-refractivity contribution in [3.63, 3.8) is 0 Å². The number of ketones is 1. The van der Waals surface area contributed by atoms with Gasteiger partial charge in [-0.3, -0.25) is 14.4 Å². The Labute approximate surface area is 175 Å². The molecule has 0 spiro atoms. The number of hydrogen-bond acceptors (Lipinski definition) is 7. The Bertz CT molecular complexity index is 714. The number of carbonyl (C=O) groups is 4. The number of Topliss-reactive ketones (excluding diaryl/α,β-unsaturated/α-hetero) is 1. The maximum absolute atomic E-state index is 16.4. The Morgan fingerprint density at radius 3 is 2.30 bits per heavy atom. The minimum absolute atomic E-state index is 0.0279. The lowest BCUT2D eigenvalue weighted by Crippen LogP contribution is -2.60. The predicted molar refractivity (Wildman–Crippen MR) is 104 cm³/mol. The highest BCUT2D eigenvalue weighted by atomic mass is 19.1. The molecule has 2 N–H and O–H groups in total. The number of amides is 1. The lowest BCUT2D eigenvalue weighted by atomic mass is 9.76. The highest BCUT2D eigenvalue weighted by Crippen LogP contribution is 2.38. The fraction of sp³-hybridized carbons (Fsp3) is 0.714. The molecule has 0 radical (unpaired) electrons. The summed E-state index contributed by atoms with van der Waals surface area (Å²) in [6, 6.07) is -0.358. The Kier molecular flexibility index (Phi) is 8.37. The number of aliphatic hydroxyl groups is 1. The molecule has 9 heteroatoms. The van der Waals surface area contributed by atoms with Crippen LogP contribution in [-0.2, 0) is 28.7 Å². The van der Waals surface area contributed by atoms with Gasteiger partial charge in [0.2, 0.25) is 0 Å². The molecular formula is C21H30FNO7. The summed E-state index contributed by atoms with van der Waals surface area (Å²) in [5.74, 6) is -7.68. The maximum atomic E-state index is 16.4. The van der Waals surface area contributed by atoms with Crippen molar-refractivity contribution in [3.05, 3.63) is 11.3 Å². The van der Waals surface area contributed by atoms with Crippen molar-refractivity contribution in [2.45, 2.75) is 76.9 Å². The van der Waals surface area contributed by atoms with Crippen LogP contribution >= 0.6 is 0 Å². The summed E-state index contributed by atoms with van der Waals surface area (Å²) >= 11 is 0. The molecular weight excluding hydrogens is 397 g/mol. The number of hydrogen-bond donors (Lipinski definition) is 2. The Morgan fingerprint density at radius 1 is 1.10 bits per heavy atom. The molecule has 2 atom stereocenters. The fourth-order valence-electron chi connectivity index (χ4n) is 3.99. The van der Waals surface area contributed by atoms with E-state index in [2.05, 4.69) is 5.32 Å². The van der Waals surface area contributed by atoms with Crippen LogP contribution in [0.3, 0.4) is 0 Å². The van der Waals surface area contributed by atoms with Crippen LogP contribution in [0.5, 0.6) is 0 Å². The number of aliphatic hydroxyl groups excluding tert-OH is 1. The smallest absolute Gasteiger partial charge is 0.355 e. The van der Waals surface area contributed by atoms with Crippen LogP contribution in [0.2, 0.25) is 0 Å². The maximum Gasteiger partial charge on any atom is 0.355 e. The number of rotatable bonds is 8. The van der Waals surface area contributed by atoms with Crippen molar-refractivity contribution in [1.82, 2.24) is 5.32 Å². The zero-order valence-electron chi connectivity index (χ0n) is 17.5. The second-order valence-electron chi connectivity index (χ2n) is 7.56. The third-order valence-corrected chi connectivity index (χ3v) is 5.48. The van der Waals surface area contributed by atoms with Gasteiger partial charge in [-0.1, -0.05) is 19.3 Å². The molecule has 0 heterocycles. The first-order chi connectivity index (χ1) is 14.3. The van der Waals surface area contributed by atoms with Gasteiger partial charge in [0.25, 0.3) is 5.91 Å². The van der Waals surface area contributed by atoms with Crippen LogP contribution in [0.15, 0.2) is 11.3 Å². The van der Waals surface area contributed by atoms with Crippen LogP contribution in [0, 0.1) is 5.92 Å². The molecule has 30 heavy (non-hydrogen) atoms. The van der Waals surface area contributed by atoms with E-state index >= 15 is 4.39 Å². The molecule has 0 saturated heterocycles. The average molecular weight is 427 g/mol. The third-order valence-electron chi connectivity index (χ3n) is 5.48. The summed E-state index contributed by atoms with van der Waals surface area (Å²) in [7, 11) is 0. The van der Waals surface area contributed by atoms with Crippen molar-refractivity contribution in [2.24, 2.45) is 5.92 Å². The number of carbonyl (C=O) groups excluding carboxylic acids is 4. The molecule has 1 fully saturated rings. The van der Waals surface area contributed by atoms with E-state index in [0.29, 0.717) is 19.3 Å². The Balaban J connectivity index is 2.54. The molecule has 168 valence electrons. The van der Waals surface area contributed by atoms with Crippen LogP contribution in [0.4, 0.5) is 4.39 Å². The van der Waals surface area contributed by atoms with Gasteiger partial charge >= 0.3 is 17.6 Å². The van der Waals surface area contributed by atoms with Crippen LogP contribution in [0.1, 0.15) is 65.2 Å². The Hall–Kier alpha value is -2.45. The van der Waals surface area contributed by atoms with Crippen LogP contribution in [0.25, 0.3) is 0 Å². The zero-order valence-corrected chi connectivity index (χ0v) is 17.5. The van der Waals surface area contributed by atoms with E-state index in [-0.39, 0.29) is 32.1 Å². The normalized spacial score (nSPS) is 20.8. The van der Waals surface area contributed by atoms with E-state index in [1.807, 2.05) is 0 Å². The molecule has 1 amide bonds. The fourth-order valence-corrected chi connectivity index (χ4v) is 3.99. The first-order valence-electron chi connectivity index (χ1n) is 10.6. The lowest BCUT2D eigenvalue weighted by Gasteiger charge is -2.33. The minimum atomic E-state index is -3.55. The summed E-state index contributed by atoms with van der Waals surface area (Å²) < 4.78 is 26.1. The van der Waals surface area contributed by atoms with Crippen LogP contribution in [-0.4, -0.2) is 53.7 Å². The van der Waals surface area contributed by atoms with Gasteiger partial charge in [0.05, 0.1) is 18.8 Å². The molecule has 2 rings (SSSR count). The first kappa shape index (κ1) is 23.8.